The molecule has 4 nitrogen and oxygen atoms in total. The van der Waals surface area contributed by atoms with Crippen molar-refractivity contribution >= 4 is 0 Å². The van der Waals surface area contributed by atoms with E-state index >= 15 is 0 Å². The Morgan fingerprint density at radius 1 is 1.40 bits per heavy atom. The zero-order valence-electron chi connectivity index (χ0n) is 12.9. The number of rotatable bonds is 4. The van der Waals surface area contributed by atoms with Crippen molar-refractivity contribution in [3.05, 3.63) is 23.7 Å². The van der Waals surface area contributed by atoms with Crippen LogP contribution in [0.5, 0.6) is 0 Å². The minimum Gasteiger partial charge on any atom is -0.469 e. The monoisotopic (exact) mass is 277 g/mol. The second-order valence-corrected chi connectivity index (χ2v) is 6.75. The van der Waals surface area contributed by atoms with Crippen LogP contribution in [0.25, 0.3) is 0 Å². The minimum absolute atomic E-state index is 0.155. The molecule has 2 fully saturated rings. The SMILES string of the molecule is Cc1occc1CN(C)C1(CN)CC2CCC(C1)N2C. The van der Waals surface area contributed by atoms with Gasteiger partial charge in [0.25, 0.3) is 0 Å². The van der Waals surface area contributed by atoms with E-state index in [9.17, 15) is 0 Å². The summed E-state index contributed by atoms with van der Waals surface area (Å²) in [5.74, 6) is 1.03. The van der Waals surface area contributed by atoms with Crippen LogP contribution in [-0.4, -0.2) is 48.1 Å². The molecule has 2 bridgehead atoms. The fourth-order valence-corrected chi connectivity index (χ4v) is 4.18. The van der Waals surface area contributed by atoms with Gasteiger partial charge >= 0.3 is 0 Å². The number of hydrogen-bond donors (Lipinski definition) is 1. The minimum atomic E-state index is 0.155. The fraction of sp³-hybridized carbons (Fsp3) is 0.750. The van der Waals surface area contributed by atoms with Crippen molar-refractivity contribution in [2.75, 3.05) is 20.6 Å². The predicted octanol–water partition coefficient (Wildman–Crippen LogP) is 1.97. The third-order valence-electron chi connectivity index (χ3n) is 5.78. The highest BCUT2D eigenvalue weighted by Gasteiger charge is 2.48. The van der Waals surface area contributed by atoms with Crippen molar-refractivity contribution in [1.82, 2.24) is 9.80 Å². The molecule has 0 aliphatic carbocycles. The molecular weight excluding hydrogens is 250 g/mol. The normalized spacial score (nSPS) is 34.0. The molecule has 0 saturated carbocycles. The second-order valence-electron chi connectivity index (χ2n) is 6.75. The first-order valence-electron chi connectivity index (χ1n) is 7.72. The van der Waals surface area contributed by atoms with Gasteiger partial charge < -0.3 is 15.1 Å². The summed E-state index contributed by atoms with van der Waals surface area (Å²) in [6, 6.07) is 3.51. The van der Waals surface area contributed by atoms with E-state index < -0.39 is 0 Å². The first kappa shape index (κ1) is 14.1. The van der Waals surface area contributed by atoms with Gasteiger partial charge in [-0.2, -0.15) is 0 Å². The lowest BCUT2D eigenvalue weighted by Crippen LogP contribution is -2.60. The molecule has 0 amide bonds. The van der Waals surface area contributed by atoms with Gasteiger partial charge in [-0.15, -0.1) is 0 Å². The van der Waals surface area contributed by atoms with Crippen LogP contribution >= 0.6 is 0 Å². The number of likely N-dealkylation sites (N-methyl/N-ethyl adjacent to an activating group) is 1. The Labute approximate surface area is 121 Å². The van der Waals surface area contributed by atoms with E-state index in [1.165, 1.54) is 31.2 Å². The molecule has 2 aliphatic rings. The molecule has 2 saturated heterocycles. The number of piperidine rings is 1. The van der Waals surface area contributed by atoms with Gasteiger partial charge in [0.15, 0.2) is 0 Å². The molecule has 3 rings (SSSR count). The summed E-state index contributed by atoms with van der Waals surface area (Å²) in [4.78, 5) is 5.05. The van der Waals surface area contributed by atoms with E-state index in [1.54, 1.807) is 6.26 Å². The molecule has 112 valence electrons. The van der Waals surface area contributed by atoms with E-state index in [4.69, 9.17) is 10.2 Å². The van der Waals surface area contributed by atoms with Crippen molar-refractivity contribution in [3.8, 4) is 0 Å². The Morgan fingerprint density at radius 3 is 2.55 bits per heavy atom. The van der Waals surface area contributed by atoms with Crippen molar-refractivity contribution in [3.63, 3.8) is 0 Å². The maximum absolute atomic E-state index is 6.22. The van der Waals surface area contributed by atoms with Gasteiger partial charge in [0.05, 0.1) is 6.26 Å². The summed E-state index contributed by atoms with van der Waals surface area (Å²) < 4.78 is 5.42. The summed E-state index contributed by atoms with van der Waals surface area (Å²) >= 11 is 0. The predicted molar refractivity (Wildman–Crippen MR) is 80.5 cm³/mol. The molecule has 2 N–H and O–H groups in total. The lowest BCUT2D eigenvalue weighted by Gasteiger charge is -2.49. The maximum Gasteiger partial charge on any atom is 0.105 e. The van der Waals surface area contributed by atoms with Gasteiger partial charge in [0.2, 0.25) is 0 Å². The van der Waals surface area contributed by atoms with Gasteiger partial charge in [0.1, 0.15) is 5.76 Å². The van der Waals surface area contributed by atoms with Crippen LogP contribution in [0.4, 0.5) is 0 Å². The van der Waals surface area contributed by atoms with E-state index in [0.717, 1.165) is 18.8 Å². The lowest BCUT2D eigenvalue weighted by atomic mass is 9.81. The standard InChI is InChI=1S/C16H27N3O/c1-12-13(6-7-20-12)10-18(2)16(11-17)8-14-4-5-15(9-16)19(14)3/h6-7,14-15H,4-5,8-11,17H2,1-3H3. The zero-order valence-corrected chi connectivity index (χ0v) is 12.9. The van der Waals surface area contributed by atoms with E-state index in [2.05, 4.69) is 30.0 Å². The molecule has 4 heteroatoms. The summed E-state index contributed by atoms with van der Waals surface area (Å²) in [5.41, 5.74) is 7.66. The van der Waals surface area contributed by atoms with E-state index in [1.807, 2.05) is 6.92 Å². The summed E-state index contributed by atoms with van der Waals surface area (Å²) in [6.07, 6.45) is 6.85. The highest BCUT2D eigenvalue weighted by molar-refractivity contribution is 5.16. The molecule has 2 atom stereocenters. The van der Waals surface area contributed by atoms with Crippen molar-refractivity contribution in [1.29, 1.82) is 0 Å². The Kier molecular flexibility index (Phi) is 3.65. The van der Waals surface area contributed by atoms with E-state index in [-0.39, 0.29) is 5.54 Å². The summed E-state index contributed by atoms with van der Waals surface area (Å²) in [6.45, 7) is 3.72. The molecule has 2 aliphatic heterocycles. The van der Waals surface area contributed by atoms with Crippen molar-refractivity contribution in [2.24, 2.45) is 5.73 Å². The first-order valence-corrected chi connectivity index (χ1v) is 7.72. The van der Waals surface area contributed by atoms with Crippen LogP contribution in [0.1, 0.15) is 37.0 Å². The van der Waals surface area contributed by atoms with Crippen molar-refractivity contribution in [2.45, 2.75) is 56.8 Å². The summed E-state index contributed by atoms with van der Waals surface area (Å²) in [7, 11) is 4.51. The van der Waals surface area contributed by atoms with Crippen LogP contribution in [-0.2, 0) is 6.54 Å². The topological polar surface area (TPSA) is 45.6 Å². The first-order chi connectivity index (χ1) is 9.55. The maximum atomic E-state index is 6.22. The molecule has 20 heavy (non-hydrogen) atoms. The van der Waals surface area contributed by atoms with Gasteiger partial charge in [-0.3, -0.25) is 4.90 Å². The van der Waals surface area contributed by atoms with Crippen LogP contribution < -0.4 is 5.73 Å². The second kappa shape index (κ2) is 5.17. The number of aryl methyl sites for hydroxylation is 1. The van der Waals surface area contributed by atoms with Gasteiger partial charge in [-0.05, 0) is 52.8 Å². The molecule has 2 unspecified atom stereocenters. The highest BCUT2D eigenvalue weighted by Crippen LogP contribution is 2.42. The number of hydrogen-bond acceptors (Lipinski definition) is 4. The molecule has 1 aromatic heterocycles. The van der Waals surface area contributed by atoms with Gasteiger partial charge in [-0.25, -0.2) is 0 Å². The number of nitrogens with zero attached hydrogens (tertiary/aromatic N) is 2. The third kappa shape index (κ3) is 2.20. The number of furan rings is 1. The largest absolute Gasteiger partial charge is 0.469 e. The number of nitrogens with two attached hydrogens (primary N) is 1. The average molecular weight is 277 g/mol. The lowest BCUT2D eigenvalue weighted by molar-refractivity contribution is 0.0116. The quantitative estimate of drug-likeness (QED) is 0.914. The Morgan fingerprint density at radius 2 is 2.05 bits per heavy atom. The number of fused-ring (bicyclic) bond motifs is 2. The summed E-state index contributed by atoms with van der Waals surface area (Å²) in [5, 5.41) is 0. The van der Waals surface area contributed by atoms with Gasteiger partial charge in [0, 0.05) is 36.3 Å². The van der Waals surface area contributed by atoms with Crippen LogP contribution in [0.2, 0.25) is 0 Å². The van der Waals surface area contributed by atoms with Crippen LogP contribution in [0, 0.1) is 6.92 Å². The fourth-order valence-electron chi connectivity index (χ4n) is 4.18. The molecule has 1 aromatic rings. The Balaban J connectivity index is 1.77. The molecular formula is C16H27N3O. The van der Waals surface area contributed by atoms with E-state index in [0.29, 0.717) is 12.1 Å². The molecule has 0 aromatic carbocycles. The molecule has 3 heterocycles. The molecule has 0 spiro atoms. The van der Waals surface area contributed by atoms with Crippen LogP contribution in [0.15, 0.2) is 16.7 Å². The Hall–Kier alpha value is -0.840. The highest BCUT2D eigenvalue weighted by atomic mass is 16.3. The third-order valence-corrected chi connectivity index (χ3v) is 5.78. The van der Waals surface area contributed by atoms with Crippen molar-refractivity contribution < 1.29 is 4.42 Å². The zero-order chi connectivity index (χ0) is 14.3. The van der Waals surface area contributed by atoms with Gasteiger partial charge in [-0.1, -0.05) is 0 Å². The smallest absolute Gasteiger partial charge is 0.105 e. The average Bonchev–Trinajstić information content (AvgIpc) is 2.90. The van der Waals surface area contributed by atoms with Crippen LogP contribution in [0.3, 0.4) is 0 Å². The Bertz CT molecular complexity index is 456. The molecule has 0 radical (unpaired) electrons.